The van der Waals surface area contributed by atoms with Gasteiger partial charge in [0.1, 0.15) is 10.4 Å². The van der Waals surface area contributed by atoms with E-state index in [0.29, 0.717) is 6.61 Å². The van der Waals surface area contributed by atoms with Gasteiger partial charge in [-0.25, -0.2) is 4.79 Å². The molecule has 0 aromatic carbocycles. The average molecular weight is 221 g/mol. The first-order chi connectivity index (χ1) is 6.15. The molecule has 0 aliphatic carbocycles. The van der Waals surface area contributed by atoms with Crippen LogP contribution in [0.2, 0.25) is 0 Å². The number of hydrogen-bond acceptors (Lipinski definition) is 5. The summed E-state index contributed by atoms with van der Waals surface area (Å²) in [6.07, 6.45) is 3.88. The molecule has 3 nitrogen and oxygen atoms in total. The lowest BCUT2D eigenvalue weighted by molar-refractivity contribution is -0.144. The van der Waals surface area contributed by atoms with E-state index in [4.69, 9.17) is 4.74 Å². The van der Waals surface area contributed by atoms with E-state index in [-0.39, 0.29) is 5.97 Å². The fraction of sp³-hybridized carbons (Fsp3) is 0.750. The third-order valence-electron chi connectivity index (χ3n) is 1.28. The van der Waals surface area contributed by atoms with Crippen molar-refractivity contribution < 1.29 is 9.53 Å². The molecule has 0 spiro atoms. The number of aliphatic imine (C=N–C) groups is 1. The van der Waals surface area contributed by atoms with Gasteiger partial charge in [0.25, 0.3) is 0 Å². The van der Waals surface area contributed by atoms with Crippen LogP contribution >= 0.6 is 23.5 Å². The largest absolute Gasteiger partial charge is 0.464 e. The van der Waals surface area contributed by atoms with E-state index in [1.165, 1.54) is 23.5 Å². The summed E-state index contributed by atoms with van der Waals surface area (Å²) in [5, 5.41) is 0. The number of hydrogen-bond donors (Lipinski definition) is 0. The van der Waals surface area contributed by atoms with Crippen LogP contribution in [0.1, 0.15) is 13.8 Å². The van der Waals surface area contributed by atoms with Crippen molar-refractivity contribution in [2.75, 3.05) is 19.1 Å². The van der Waals surface area contributed by atoms with Crippen LogP contribution in [0.25, 0.3) is 0 Å². The third-order valence-corrected chi connectivity index (χ3v) is 3.19. The van der Waals surface area contributed by atoms with Gasteiger partial charge in [0.15, 0.2) is 0 Å². The maximum absolute atomic E-state index is 11.2. The summed E-state index contributed by atoms with van der Waals surface area (Å²) in [6, 6.07) is -0.394. The molecule has 0 unspecified atom stereocenters. The number of thioether (sulfide) groups is 2. The molecule has 0 N–H and O–H groups in total. The van der Waals surface area contributed by atoms with Crippen molar-refractivity contribution >= 4 is 33.9 Å². The fourth-order valence-corrected chi connectivity index (χ4v) is 1.86. The van der Waals surface area contributed by atoms with Crippen molar-refractivity contribution in [3.8, 4) is 0 Å². The van der Waals surface area contributed by atoms with Crippen LogP contribution in [0, 0.1) is 0 Å². The van der Waals surface area contributed by atoms with E-state index in [1.54, 1.807) is 13.8 Å². The number of ether oxygens (including phenoxy) is 1. The van der Waals surface area contributed by atoms with Crippen LogP contribution in [0.15, 0.2) is 4.99 Å². The Morgan fingerprint density at radius 1 is 1.46 bits per heavy atom. The lowest BCUT2D eigenvalue weighted by Crippen LogP contribution is -2.18. The van der Waals surface area contributed by atoms with E-state index >= 15 is 0 Å². The Kier molecular flexibility index (Phi) is 7.17. The molecule has 0 saturated heterocycles. The van der Waals surface area contributed by atoms with Gasteiger partial charge in [-0.3, -0.25) is 4.99 Å². The summed E-state index contributed by atoms with van der Waals surface area (Å²) < 4.78 is 5.73. The summed E-state index contributed by atoms with van der Waals surface area (Å²) in [5.41, 5.74) is 0. The Bertz CT molecular complexity index is 189. The zero-order valence-electron chi connectivity index (χ0n) is 8.36. The van der Waals surface area contributed by atoms with E-state index in [1.807, 2.05) is 12.5 Å². The Labute approximate surface area is 87.7 Å². The molecule has 0 radical (unpaired) electrons. The Morgan fingerprint density at radius 3 is 2.38 bits per heavy atom. The highest BCUT2D eigenvalue weighted by Gasteiger charge is 2.12. The highest BCUT2D eigenvalue weighted by Crippen LogP contribution is 2.12. The van der Waals surface area contributed by atoms with Crippen molar-refractivity contribution in [2.45, 2.75) is 19.9 Å². The standard InChI is InChI=1S/C8H15NO2S2/c1-5-11-7(10)6(2)9-8(12-3)13-4/h6H,5H2,1-4H3/t6-/m0/s1. The molecule has 5 heteroatoms. The lowest BCUT2D eigenvalue weighted by atomic mass is 10.4. The van der Waals surface area contributed by atoms with Crippen molar-refractivity contribution in [1.29, 1.82) is 0 Å². The van der Waals surface area contributed by atoms with Gasteiger partial charge in [0, 0.05) is 0 Å². The number of carbonyl (C=O) groups excluding carboxylic acids is 1. The van der Waals surface area contributed by atoms with E-state index < -0.39 is 6.04 Å². The second-order valence-electron chi connectivity index (χ2n) is 2.23. The second kappa shape index (κ2) is 7.26. The molecule has 0 aliphatic heterocycles. The Hall–Kier alpha value is -0.160. The van der Waals surface area contributed by atoms with Crippen molar-refractivity contribution in [3.05, 3.63) is 0 Å². The van der Waals surface area contributed by atoms with Gasteiger partial charge in [0.05, 0.1) is 6.61 Å². The predicted octanol–water partition coefficient (Wildman–Crippen LogP) is 2.02. The van der Waals surface area contributed by atoms with Crippen LogP contribution in [-0.2, 0) is 9.53 Å². The summed E-state index contributed by atoms with van der Waals surface area (Å²) in [7, 11) is 0. The zero-order chi connectivity index (χ0) is 10.3. The molecule has 0 heterocycles. The van der Waals surface area contributed by atoms with Crippen LogP contribution in [0.3, 0.4) is 0 Å². The molecular formula is C8H15NO2S2. The molecule has 0 aromatic rings. The van der Waals surface area contributed by atoms with Gasteiger partial charge < -0.3 is 4.74 Å². The Morgan fingerprint density at radius 2 is 2.00 bits per heavy atom. The monoisotopic (exact) mass is 221 g/mol. The molecule has 0 aliphatic rings. The van der Waals surface area contributed by atoms with Crippen LogP contribution in [-0.4, -0.2) is 35.5 Å². The highest BCUT2D eigenvalue weighted by atomic mass is 32.2. The molecule has 0 aromatic heterocycles. The summed E-state index contributed by atoms with van der Waals surface area (Å²) in [5.74, 6) is -0.261. The van der Waals surface area contributed by atoms with Crippen LogP contribution < -0.4 is 0 Å². The maximum atomic E-state index is 11.2. The van der Waals surface area contributed by atoms with Gasteiger partial charge in [-0.05, 0) is 26.4 Å². The average Bonchev–Trinajstić information content (AvgIpc) is 2.14. The second-order valence-corrected chi connectivity index (χ2v) is 4.08. The molecule has 1 atom stereocenters. The van der Waals surface area contributed by atoms with Crippen LogP contribution in [0.5, 0.6) is 0 Å². The van der Waals surface area contributed by atoms with E-state index in [0.717, 1.165) is 4.38 Å². The van der Waals surface area contributed by atoms with Crippen molar-refractivity contribution in [1.82, 2.24) is 0 Å². The first-order valence-corrected chi connectivity index (χ1v) is 6.43. The minimum atomic E-state index is -0.394. The molecule has 0 saturated carbocycles. The maximum Gasteiger partial charge on any atom is 0.330 e. The Balaban J connectivity index is 4.17. The first kappa shape index (κ1) is 12.8. The zero-order valence-corrected chi connectivity index (χ0v) is 10.00. The fourth-order valence-electron chi connectivity index (χ4n) is 0.662. The summed E-state index contributed by atoms with van der Waals surface area (Å²) in [4.78, 5) is 15.4. The molecular weight excluding hydrogens is 206 g/mol. The van der Waals surface area contributed by atoms with E-state index in [9.17, 15) is 4.79 Å². The lowest BCUT2D eigenvalue weighted by Gasteiger charge is -2.06. The normalized spacial score (nSPS) is 12.0. The SMILES string of the molecule is CCOC(=O)[C@H](C)N=C(SC)SC. The van der Waals surface area contributed by atoms with Gasteiger partial charge in [-0.1, -0.05) is 0 Å². The number of esters is 1. The topological polar surface area (TPSA) is 38.7 Å². The summed E-state index contributed by atoms with van der Waals surface area (Å²) >= 11 is 3.08. The van der Waals surface area contributed by atoms with Gasteiger partial charge in [-0.2, -0.15) is 0 Å². The van der Waals surface area contributed by atoms with Crippen molar-refractivity contribution in [3.63, 3.8) is 0 Å². The van der Waals surface area contributed by atoms with Gasteiger partial charge >= 0.3 is 5.97 Å². The van der Waals surface area contributed by atoms with Gasteiger partial charge in [0.2, 0.25) is 0 Å². The van der Waals surface area contributed by atoms with E-state index in [2.05, 4.69) is 4.99 Å². The molecule has 0 bridgehead atoms. The summed E-state index contributed by atoms with van der Waals surface area (Å²) in [6.45, 7) is 3.94. The number of nitrogens with zero attached hydrogens (tertiary/aromatic N) is 1. The predicted molar refractivity (Wildman–Crippen MR) is 60.6 cm³/mol. The molecule has 13 heavy (non-hydrogen) atoms. The number of rotatable bonds is 3. The highest BCUT2D eigenvalue weighted by molar-refractivity contribution is 8.38. The van der Waals surface area contributed by atoms with Crippen LogP contribution in [0.4, 0.5) is 0 Å². The molecule has 0 fully saturated rings. The van der Waals surface area contributed by atoms with Gasteiger partial charge in [-0.15, -0.1) is 23.5 Å². The smallest absolute Gasteiger partial charge is 0.330 e. The molecule has 76 valence electrons. The minimum Gasteiger partial charge on any atom is -0.464 e. The third kappa shape index (κ3) is 5.21. The minimum absolute atomic E-state index is 0.261. The molecule has 0 rings (SSSR count). The molecule has 0 amide bonds. The van der Waals surface area contributed by atoms with Crippen molar-refractivity contribution in [2.24, 2.45) is 4.99 Å². The first-order valence-electron chi connectivity index (χ1n) is 3.98. The quantitative estimate of drug-likeness (QED) is 0.415. The number of carbonyl (C=O) groups is 1.